The fourth-order valence-corrected chi connectivity index (χ4v) is 4.78. The number of carbonyl (C=O) groups excluding carboxylic acids is 1. The van der Waals surface area contributed by atoms with Crippen LogP contribution in [0.25, 0.3) is 10.9 Å². The van der Waals surface area contributed by atoms with Crippen molar-refractivity contribution in [2.75, 3.05) is 26.3 Å². The Hall–Kier alpha value is -3.08. The van der Waals surface area contributed by atoms with Gasteiger partial charge in [0.05, 0.1) is 5.60 Å². The highest BCUT2D eigenvalue weighted by atomic mass is 16.5. The van der Waals surface area contributed by atoms with Crippen molar-refractivity contribution in [3.63, 3.8) is 0 Å². The molecule has 0 amide bonds. The number of carbonyl (C=O) groups is 3. The van der Waals surface area contributed by atoms with E-state index in [0.717, 1.165) is 62.9 Å². The van der Waals surface area contributed by atoms with Gasteiger partial charge in [-0.2, -0.15) is 5.10 Å². The van der Waals surface area contributed by atoms with Crippen molar-refractivity contribution in [3.8, 4) is 0 Å². The number of rotatable bonds is 8. The number of ether oxygens (including phenoxy) is 1. The smallest absolute Gasteiger partial charge is 0.328 e. The lowest BCUT2D eigenvalue weighted by Gasteiger charge is -2.42. The Labute approximate surface area is 216 Å². The Morgan fingerprint density at radius 1 is 1.11 bits per heavy atom. The average molecular weight is 516 g/mol. The molecule has 10 nitrogen and oxygen atoms in total. The van der Waals surface area contributed by atoms with E-state index in [9.17, 15) is 19.5 Å². The first-order valence-electron chi connectivity index (χ1n) is 12.8. The minimum absolute atomic E-state index is 0.0740. The third-order valence-electron chi connectivity index (χ3n) is 7.01. The molecule has 0 radical (unpaired) electrons. The molecular formula is C27H37N3O7. The minimum Gasteiger partial charge on any atom is -0.478 e. The lowest BCUT2D eigenvalue weighted by Crippen LogP contribution is -2.49. The number of hydrogen-bond donors (Lipinski definition) is 3. The summed E-state index contributed by atoms with van der Waals surface area (Å²) >= 11 is 0. The zero-order chi connectivity index (χ0) is 27.0. The first kappa shape index (κ1) is 28.5. The minimum atomic E-state index is -1.26. The molecule has 0 aliphatic carbocycles. The molecule has 0 spiro atoms. The second-order valence-corrected chi connectivity index (χ2v) is 9.98. The Morgan fingerprint density at radius 3 is 2.30 bits per heavy atom. The molecule has 10 heteroatoms. The number of ketones is 1. The molecule has 37 heavy (non-hydrogen) atoms. The van der Waals surface area contributed by atoms with Gasteiger partial charge in [-0.05, 0) is 52.0 Å². The molecular weight excluding hydrogens is 478 g/mol. The summed E-state index contributed by atoms with van der Waals surface area (Å²) in [6.07, 6.45) is 7.65. The maximum Gasteiger partial charge on any atom is 0.328 e. The van der Waals surface area contributed by atoms with Gasteiger partial charge in [0.25, 0.3) is 0 Å². The Bertz CT molecular complexity index is 1090. The van der Waals surface area contributed by atoms with E-state index in [1.54, 1.807) is 0 Å². The van der Waals surface area contributed by atoms with E-state index < -0.39 is 17.5 Å². The summed E-state index contributed by atoms with van der Waals surface area (Å²) in [5, 5.41) is 32.3. The molecule has 3 heterocycles. The Kier molecular flexibility index (Phi) is 9.96. The van der Waals surface area contributed by atoms with Gasteiger partial charge in [0.2, 0.25) is 0 Å². The zero-order valence-electron chi connectivity index (χ0n) is 21.5. The van der Waals surface area contributed by atoms with E-state index >= 15 is 0 Å². The van der Waals surface area contributed by atoms with Crippen LogP contribution >= 0.6 is 0 Å². The second kappa shape index (κ2) is 12.9. The highest BCUT2D eigenvalue weighted by Gasteiger charge is 2.35. The van der Waals surface area contributed by atoms with Crippen LogP contribution in [0.4, 0.5) is 0 Å². The van der Waals surface area contributed by atoms with Gasteiger partial charge in [0.15, 0.2) is 5.78 Å². The lowest BCUT2D eigenvalue weighted by molar-refractivity contribution is -0.134. The lowest BCUT2D eigenvalue weighted by atomic mass is 9.84. The number of hydrogen-bond acceptors (Lipinski definition) is 7. The largest absolute Gasteiger partial charge is 0.478 e. The monoisotopic (exact) mass is 515 g/mol. The van der Waals surface area contributed by atoms with Crippen LogP contribution in [-0.4, -0.2) is 85.7 Å². The van der Waals surface area contributed by atoms with Crippen LogP contribution in [0.2, 0.25) is 0 Å². The van der Waals surface area contributed by atoms with Crippen molar-refractivity contribution in [3.05, 3.63) is 42.1 Å². The molecule has 2 aliphatic rings. The van der Waals surface area contributed by atoms with Gasteiger partial charge < -0.3 is 20.1 Å². The molecule has 2 saturated heterocycles. The molecule has 0 unspecified atom stereocenters. The number of piperidine rings is 1. The van der Waals surface area contributed by atoms with Gasteiger partial charge in [0.1, 0.15) is 5.52 Å². The molecule has 2 aromatic rings. The van der Waals surface area contributed by atoms with Gasteiger partial charge in [-0.25, -0.2) is 9.59 Å². The topological polar surface area (TPSA) is 142 Å². The van der Waals surface area contributed by atoms with Crippen LogP contribution < -0.4 is 0 Å². The van der Waals surface area contributed by atoms with Crippen LogP contribution in [0, 0.1) is 0 Å². The van der Waals surface area contributed by atoms with E-state index in [1.165, 1.54) is 0 Å². The molecule has 0 bridgehead atoms. The zero-order valence-corrected chi connectivity index (χ0v) is 21.5. The number of aliphatic carboxylic acids is 2. The van der Waals surface area contributed by atoms with Crippen molar-refractivity contribution >= 4 is 28.6 Å². The van der Waals surface area contributed by atoms with E-state index in [-0.39, 0.29) is 11.8 Å². The summed E-state index contributed by atoms with van der Waals surface area (Å²) in [6.45, 7) is 7.66. The molecule has 1 aromatic heterocycles. The molecule has 0 atom stereocenters. The van der Waals surface area contributed by atoms with E-state index in [4.69, 9.17) is 14.9 Å². The first-order chi connectivity index (χ1) is 17.6. The van der Waals surface area contributed by atoms with Crippen molar-refractivity contribution < 1.29 is 34.4 Å². The number of benzene rings is 1. The molecule has 3 N–H and O–H groups in total. The van der Waals surface area contributed by atoms with Crippen LogP contribution in [0.5, 0.6) is 0 Å². The first-order valence-corrected chi connectivity index (χ1v) is 12.8. The van der Waals surface area contributed by atoms with E-state index in [1.807, 2.05) is 29.1 Å². The van der Waals surface area contributed by atoms with Gasteiger partial charge in [-0.15, -0.1) is 0 Å². The van der Waals surface area contributed by atoms with Crippen LogP contribution in [0.3, 0.4) is 0 Å². The van der Waals surface area contributed by atoms with E-state index in [2.05, 4.69) is 23.8 Å². The average Bonchev–Trinajstić information content (AvgIpc) is 3.33. The fourth-order valence-electron chi connectivity index (χ4n) is 4.78. The number of carboxylic acids is 2. The predicted octanol–water partition coefficient (Wildman–Crippen LogP) is 3.30. The molecule has 2 aliphatic heterocycles. The number of carboxylic acid groups (broad SMARTS) is 2. The van der Waals surface area contributed by atoms with Gasteiger partial charge in [-0.1, -0.05) is 12.1 Å². The maximum absolute atomic E-state index is 12.9. The number of fused-ring (bicyclic) bond motifs is 1. The normalized spacial score (nSPS) is 18.6. The molecule has 2 fully saturated rings. The summed E-state index contributed by atoms with van der Waals surface area (Å²) in [7, 11) is 0. The summed E-state index contributed by atoms with van der Waals surface area (Å²) in [6, 6.07) is 6.62. The summed E-state index contributed by atoms with van der Waals surface area (Å²) < 4.78 is 7.37. The van der Waals surface area contributed by atoms with Crippen LogP contribution in [0.15, 0.2) is 36.5 Å². The van der Waals surface area contributed by atoms with Crippen molar-refractivity contribution in [1.82, 2.24) is 14.7 Å². The van der Waals surface area contributed by atoms with Gasteiger partial charge in [0, 0.05) is 74.1 Å². The molecule has 4 rings (SSSR count). The Balaban J connectivity index is 0.000000414. The molecule has 202 valence electrons. The van der Waals surface area contributed by atoms with Crippen LogP contribution in [-0.2, 0) is 14.3 Å². The Morgan fingerprint density at radius 2 is 1.73 bits per heavy atom. The van der Waals surface area contributed by atoms with Crippen molar-refractivity contribution in [1.29, 1.82) is 0 Å². The third-order valence-corrected chi connectivity index (χ3v) is 7.01. The quantitative estimate of drug-likeness (QED) is 0.356. The maximum atomic E-state index is 12.9. The third kappa shape index (κ3) is 8.21. The van der Waals surface area contributed by atoms with Crippen molar-refractivity contribution in [2.24, 2.45) is 0 Å². The summed E-state index contributed by atoms with van der Waals surface area (Å²) in [4.78, 5) is 34.6. The second-order valence-electron chi connectivity index (χ2n) is 9.98. The number of aromatic nitrogens is 2. The number of nitrogens with zero attached hydrogens (tertiary/aromatic N) is 3. The fraction of sp³-hybridized carbons (Fsp3) is 0.556. The highest BCUT2D eigenvalue weighted by Crippen LogP contribution is 2.31. The molecule has 1 aromatic carbocycles. The number of aliphatic hydroxyl groups is 1. The predicted molar refractivity (Wildman–Crippen MR) is 138 cm³/mol. The van der Waals surface area contributed by atoms with Gasteiger partial charge in [-0.3, -0.25) is 14.4 Å². The molecule has 0 saturated carbocycles. The summed E-state index contributed by atoms with van der Waals surface area (Å²) in [5.41, 5.74) is 0.709. The van der Waals surface area contributed by atoms with Crippen LogP contribution in [0.1, 0.15) is 68.8 Å². The summed E-state index contributed by atoms with van der Waals surface area (Å²) in [5.74, 6) is -2.44. The van der Waals surface area contributed by atoms with Crippen molar-refractivity contribution in [2.45, 2.75) is 70.1 Å². The number of Topliss-reactive ketones (excluding diaryl/α,β-unsaturated/α-hetero) is 1. The standard InChI is InChI=1S/C23H33N3O3.C4H4O4/c1-17(2)26-16-18-4-3-5-20(22(18)24-26)21(27)6-9-23(28)10-12-25(13-11-23)19-7-14-29-15-8-19;5-3(6)1-2-4(7)8/h3-5,16-17,19,28H,6-15H2,1-2H3;1-2H,(H,5,6)(H,7,8)/b;2-1+. The highest BCUT2D eigenvalue weighted by molar-refractivity contribution is 6.06. The number of likely N-dealkylation sites (tertiary alicyclic amines) is 1. The SMILES string of the molecule is CC(C)n1cc2cccc(C(=O)CCC3(O)CCN(C4CCOCC4)CC3)c2n1.O=C(O)/C=C/C(=O)O. The van der Waals surface area contributed by atoms with E-state index in [0.29, 0.717) is 36.6 Å². The van der Waals surface area contributed by atoms with Gasteiger partial charge >= 0.3 is 11.9 Å².